The summed E-state index contributed by atoms with van der Waals surface area (Å²) in [7, 11) is 0. The second kappa shape index (κ2) is 6.60. The number of aliphatic hydroxyl groups is 1. The molecular formula is C10H12BrClF3NO2. The molecule has 3 nitrogen and oxygen atoms in total. The molecule has 0 spiro atoms. The van der Waals surface area contributed by atoms with Crippen LogP contribution in [-0.4, -0.2) is 16.8 Å². The van der Waals surface area contributed by atoms with Crippen molar-refractivity contribution in [3.05, 3.63) is 27.7 Å². The number of benzene rings is 1. The van der Waals surface area contributed by atoms with Crippen molar-refractivity contribution in [1.82, 2.24) is 0 Å². The zero-order valence-corrected chi connectivity index (χ0v) is 11.4. The molecule has 104 valence electrons. The molecule has 8 heteroatoms. The Morgan fingerprint density at radius 3 is 2.33 bits per heavy atom. The first-order valence-electron chi connectivity index (χ1n) is 4.73. The van der Waals surface area contributed by atoms with Gasteiger partial charge in [-0.15, -0.1) is 12.4 Å². The first-order chi connectivity index (χ1) is 7.77. The van der Waals surface area contributed by atoms with Crippen LogP contribution in [0.3, 0.4) is 0 Å². The fourth-order valence-corrected chi connectivity index (χ4v) is 1.89. The van der Waals surface area contributed by atoms with Crippen molar-refractivity contribution in [2.24, 2.45) is 5.73 Å². The van der Waals surface area contributed by atoms with Crippen LogP contribution < -0.4 is 5.73 Å². The van der Waals surface area contributed by atoms with E-state index in [0.29, 0.717) is 0 Å². The predicted molar refractivity (Wildman–Crippen MR) is 66.7 cm³/mol. The van der Waals surface area contributed by atoms with Gasteiger partial charge in [0.15, 0.2) is 0 Å². The first kappa shape index (κ1) is 17.5. The summed E-state index contributed by atoms with van der Waals surface area (Å²) in [5.74, 6) is -0.887. The summed E-state index contributed by atoms with van der Waals surface area (Å²) in [6, 6.07) is 1.24. The van der Waals surface area contributed by atoms with Gasteiger partial charge in [0.25, 0.3) is 0 Å². The molecule has 0 aliphatic heterocycles. The van der Waals surface area contributed by atoms with Gasteiger partial charge in [0.2, 0.25) is 0 Å². The van der Waals surface area contributed by atoms with Crippen molar-refractivity contribution in [3.63, 3.8) is 0 Å². The van der Waals surface area contributed by atoms with E-state index in [2.05, 4.69) is 15.9 Å². The Balaban J connectivity index is 0.00000289. The van der Waals surface area contributed by atoms with Gasteiger partial charge in [-0.3, -0.25) is 0 Å². The number of aliphatic hydroxyl groups excluding tert-OH is 1. The first-order valence-corrected chi connectivity index (χ1v) is 5.52. The second-order valence-corrected chi connectivity index (χ2v) is 4.42. The zero-order chi connectivity index (χ0) is 13.2. The SMILES string of the molecule is Cl.N[C@H](CCO)c1cc(Br)cc(C(F)(F)F)c1O. The van der Waals surface area contributed by atoms with E-state index in [1.807, 2.05) is 0 Å². The van der Waals surface area contributed by atoms with Gasteiger partial charge in [0.1, 0.15) is 5.75 Å². The van der Waals surface area contributed by atoms with Crippen molar-refractivity contribution in [2.75, 3.05) is 6.61 Å². The van der Waals surface area contributed by atoms with Gasteiger partial charge < -0.3 is 15.9 Å². The van der Waals surface area contributed by atoms with Crippen LogP contribution in [0.25, 0.3) is 0 Å². The van der Waals surface area contributed by atoms with Gasteiger partial charge in [-0.2, -0.15) is 13.2 Å². The second-order valence-electron chi connectivity index (χ2n) is 3.51. The Labute approximate surface area is 116 Å². The Morgan fingerprint density at radius 2 is 1.89 bits per heavy atom. The largest absolute Gasteiger partial charge is 0.507 e. The topological polar surface area (TPSA) is 66.5 Å². The van der Waals surface area contributed by atoms with Gasteiger partial charge in [0.05, 0.1) is 5.56 Å². The summed E-state index contributed by atoms with van der Waals surface area (Å²) in [4.78, 5) is 0. The number of hydrogen-bond donors (Lipinski definition) is 3. The number of rotatable bonds is 3. The number of halogens is 5. The summed E-state index contributed by atoms with van der Waals surface area (Å²) in [5, 5.41) is 18.2. The lowest BCUT2D eigenvalue weighted by molar-refractivity contribution is -0.138. The van der Waals surface area contributed by atoms with Crippen LogP contribution in [0.15, 0.2) is 16.6 Å². The molecule has 0 heterocycles. The molecule has 1 aromatic rings. The molecule has 0 amide bonds. The van der Waals surface area contributed by atoms with E-state index in [1.165, 1.54) is 6.07 Å². The molecule has 0 saturated heterocycles. The third-order valence-corrected chi connectivity index (χ3v) is 2.71. The summed E-state index contributed by atoms with van der Waals surface area (Å²) in [6.07, 6.45) is -4.58. The van der Waals surface area contributed by atoms with Crippen LogP contribution in [0.5, 0.6) is 5.75 Å². The minimum atomic E-state index is -4.65. The van der Waals surface area contributed by atoms with E-state index < -0.39 is 23.5 Å². The molecule has 0 aliphatic rings. The normalized spacial score (nSPS) is 13.0. The van der Waals surface area contributed by atoms with Crippen LogP contribution in [0.4, 0.5) is 13.2 Å². The maximum absolute atomic E-state index is 12.6. The molecule has 0 aromatic heterocycles. The Hall–Kier alpha value is -0.500. The number of phenolic OH excluding ortho intramolecular Hbond substituents is 1. The van der Waals surface area contributed by atoms with E-state index in [1.54, 1.807) is 0 Å². The highest BCUT2D eigenvalue weighted by atomic mass is 79.9. The third kappa shape index (κ3) is 4.01. The highest BCUT2D eigenvalue weighted by Crippen LogP contribution is 2.41. The summed E-state index contributed by atoms with van der Waals surface area (Å²) >= 11 is 2.93. The highest BCUT2D eigenvalue weighted by Gasteiger charge is 2.35. The average Bonchev–Trinajstić information content (AvgIpc) is 2.19. The van der Waals surface area contributed by atoms with E-state index >= 15 is 0 Å². The maximum atomic E-state index is 12.6. The quantitative estimate of drug-likeness (QED) is 0.785. The number of alkyl halides is 3. The van der Waals surface area contributed by atoms with Gasteiger partial charge >= 0.3 is 6.18 Å². The van der Waals surface area contributed by atoms with Crippen LogP contribution >= 0.6 is 28.3 Å². The van der Waals surface area contributed by atoms with Gasteiger partial charge in [-0.25, -0.2) is 0 Å². The third-order valence-electron chi connectivity index (χ3n) is 2.25. The molecule has 0 bridgehead atoms. The number of phenols is 1. The standard InChI is InChI=1S/C10H11BrF3NO2.ClH/c11-5-3-6(8(15)1-2-16)9(17)7(4-5)10(12,13)14;/h3-4,8,16-17H,1-2,15H2;1H/t8-;/m1./s1. The maximum Gasteiger partial charge on any atom is 0.420 e. The van der Waals surface area contributed by atoms with Crippen molar-refractivity contribution in [1.29, 1.82) is 0 Å². The fraction of sp³-hybridized carbons (Fsp3) is 0.400. The van der Waals surface area contributed by atoms with E-state index in [9.17, 15) is 18.3 Å². The summed E-state index contributed by atoms with van der Waals surface area (Å²) < 4.78 is 37.9. The number of aromatic hydroxyl groups is 1. The molecule has 0 radical (unpaired) electrons. The molecular weight excluding hydrogens is 338 g/mol. The number of nitrogens with two attached hydrogens (primary N) is 1. The molecule has 0 fully saturated rings. The van der Waals surface area contributed by atoms with Crippen molar-refractivity contribution >= 4 is 28.3 Å². The van der Waals surface area contributed by atoms with Crippen molar-refractivity contribution in [3.8, 4) is 5.75 Å². The molecule has 0 saturated carbocycles. The van der Waals surface area contributed by atoms with E-state index in [4.69, 9.17) is 10.8 Å². The fourth-order valence-electron chi connectivity index (χ4n) is 1.41. The lowest BCUT2D eigenvalue weighted by Crippen LogP contribution is -2.14. The van der Waals surface area contributed by atoms with Gasteiger partial charge in [0, 0.05) is 22.7 Å². The van der Waals surface area contributed by atoms with Crippen LogP contribution in [-0.2, 0) is 6.18 Å². The monoisotopic (exact) mass is 349 g/mol. The average molecular weight is 351 g/mol. The van der Waals surface area contributed by atoms with Crippen molar-refractivity contribution < 1.29 is 23.4 Å². The van der Waals surface area contributed by atoms with Gasteiger partial charge in [-0.1, -0.05) is 15.9 Å². The summed E-state index contributed by atoms with van der Waals surface area (Å²) in [6.45, 7) is -0.269. The Kier molecular flexibility index (Phi) is 6.42. The lowest BCUT2D eigenvalue weighted by Gasteiger charge is -2.17. The Morgan fingerprint density at radius 1 is 1.33 bits per heavy atom. The number of hydrogen-bond acceptors (Lipinski definition) is 3. The molecule has 0 aliphatic carbocycles. The highest BCUT2D eigenvalue weighted by molar-refractivity contribution is 9.10. The van der Waals surface area contributed by atoms with Crippen LogP contribution in [0, 0.1) is 0 Å². The minimum Gasteiger partial charge on any atom is -0.507 e. The van der Waals surface area contributed by atoms with Crippen molar-refractivity contribution in [2.45, 2.75) is 18.6 Å². The van der Waals surface area contributed by atoms with E-state index in [0.717, 1.165) is 6.07 Å². The van der Waals surface area contributed by atoms with Crippen LogP contribution in [0.1, 0.15) is 23.6 Å². The molecule has 1 rings (SSSR count). The van der Waals surface area contributed by atoms with Crippen LogP contribution in [0.2, 0.25) is 0 Å². The molecule has 4 N–H and O–H groups in total. The zero-order valence-electron chi connectivity index (χ0n) is 9.04. The predicted octanol–water partition coefficient (Wildman–Crippen LogP) is 2.98. The summed E-state index contributed by atoms with van der Waals surface area (Å²) in [5.41, 5.74) is 4.39. The minimum absolute atomic E-state index is 0. The molecule has 1 atom stereocenters. The smallest absolute Gasteiger partial charge is 0.420 e. The van der Waals surface area contributed by atoms with Gasteiger partial charge in [-0.05, 0) is 18.6 Å². The molecule has 1 aromatic carbocycles. The molecule has 18 heavy (non-hydrogen) atoms. The lowest BCUT2D eigenvalue weighted by atomic mass is 10.0. The molecule has 0 unspecified atom stereocenters. The Bertz CT molecular complexity index is 415. The van der Waals surface area contributed by atoms with E-state index in [-0.39, 0.29) is 35.5 Å².